The van der Waals surface area contributed by atoms with Gasteiger partial charge in [0.1, 0.15) is 0 Å². The average Bonchev–Trinajstić information content (AvgIpc) is 3.45. The standard InChI is InChI=1S/C42H81NO2/c1-6-8-10-12-14-16-18-20-22-24-26-28-30-32-34-36-42(44-39-41(45-42)40(3)38-43(4)5)37-35-33-31-29-27-25-23-21-19-17-15-13-11-9-7-2/h20-23,40-41H,6-19,24-39H2,1-5H3/b22-20-,23-21-/t40?,41-/m1/s1. The fourth-order valence-corrected chi connectivity index (χ4v) is 6.87. The Kier molecular flexibility index (Phi) is 28.9. The van der Waals surface area contributed by atoms with Crippen molar-refractivity contribution in [3.05, 3.63) is 24.3 Å². The molecule has 0 aromatic carbocycles. The molecule has 1 rings (SSSR count). The van der Waals surface area contributed by atoms with Crippen LogP contribution >= 0.6 is 0 Å². The first-order chi connectivity index (χ1) is 22.0. The van der Waals surface area contributed by atoms with Crippen molar-refractivity contribution in [2.75, 3.05) is 27.2 Å². The van der Waals surface area contributed by atoms with E-state index < -0.39 is 0 Å². The molecule has 1 aliphatic rings. The molecule has 1 heterocycles. The van der Waals surface area contributed by atoms with E-state index in [0.29, 0.717) is 5.92 Å². The number of unbranched alkanes of at least 4 members (excludes halogenated alkanes) is 22. The van der Waals surface area contributed by atoms with Gasteiger partial charge in [-0.3, -0.25) is 0 Å². The van der Waals surface area contributed by atoms with Crippen molar-refractivity contribution in [1.29, 1.82) is 0 Å². The van der Waals surface area contributed by atoms with Gasteiger partial charge < -0.3 is 14.4 Å². The van der Waals surface area contributed by atoms with Crippen LogP contribution in [0.15, 0.2) is 24.3 Å². The fraction of sp³-hybridized carbons (Fsp3) is 0.905. The lowest BCUT2D eigenvalue weighted by Gasteiger charge is -2.30. The van der Waals surface area contributed by atoms with Gasteiger partial charge in [-0.05, 0) is 84.2 Å². The summed E-state index contributed by atoms with van der Waals surface area (Å²) in [4.78, 5) is 2.28. The minimum absolute atomic E-state index is 0.235. The van der Waals surface area contributed by atoms with Gasteiger partial charge in [-0.1, -0.05) is 148 Å². The SMILES string of the molecule is CCCCCCCC/C=C\CCCCCCCC1(CCCCCCC/C=C\CCCCCCCC)OC[C@H](C(C)CN(C)C)O1. The molecule has 0 aromatic rings. The van der Waals surface area contributed by atoms with Crippen molar-refractivity contribution < 1.29 is 9.47 Å². The molecule has 1 unspecified atom stereocenters. The molecule has 0 aliphatic carbocycles. The van der Waals surface area contributed by atoms with Crippen molar-refractivity contribution in [2.24, 2.45) is 5.92 Å². The smallest absolute Gasteiger partial charge is 0.168 e. The van der Waals surface area contributed by atoms with Gasteiger partial charge in [0, 0.05) is 19.4 Å². The van der Waals surface area contributed by atoms with Gasteiger partial charge in [0.25, 0.3) is 0 Å². The average molecular weight is 632 g/mol. The third-order valence-electron chi connectivity index (χ3n) is 9.80. The summed E-state index contributed by atoms with van der Waals surface area (Å²) in [7, 11) is 4.33. The van der Waals surface area contributed by atoms with E-state index in [1.807, 2.05) is 0 Å². The summed E-state index contributed by atoms with van der Waals surface area (Å²) in [5.74, 6) is 0.175. The number of hydrogen-bond acceptors (Lipinski definition) is 3. The zero-order valence-electron chi connectivity index (χ0n) is 31.4. The van der Waals surface area contributed by atoms with Crippen molar-refractivity contribution in [1.82, 2.24) is 4.90 Å². The summed E-state index contributed by atoms with van der Waals surface area (Å²) in [6.07, 6.45) is 47.1. The summed E-state index contributed by atoms with van der Waals surface area (Å²) >= 11 is 0. The molecule has 0 radical (unpaired) electrons. The predicted molar refractivity (Wildman–Crippen MR) is 200 cm³/mol. The van der Waals surface area contributed by atoms with E-state index in [1.54, 1.807) is 0 Å². The first-order valence-corrected chi connectivity index (χ1v) is 20.3. The van der Waals surface area contributed by atoms with Crippen molar-refractivity contribution in [3.63, 3.8) is 0 Å². The molecule has 45 heavy (non-hydrogen) atoms. The van der Waals surface area contributed by atoms with E-state index in [4.69, 9.17) is 9.47 Å². The molecular weight excluding hydrogens is 550 g/mol. The molecule has 0 amide bonds. The van der Waals surface area contributed by atoms with E-state index in [1.165, 1.54) is 167 Å². The minimum atomic E-state index is -0.330. The predicted octanol–water partition coefficient (Wildman–Crippen LogP) is 13.4. The Morgan fingerprint density at radius 1 is 0.556 bits per heavy atom. The van der Waals surface area contributed by atoms with Gasteiger partial charge in [-0.15, -0.1) is 0 Å². The molecule has 1 aliphatic heterocycles. The van der Waals surface area contributed by atoms with Crippen LogP contribution in [0, 0.1) is 5.92 Å². The van der Waals surface area contributed by atoms with Crippen molar-refractivity contribution >= 4 is 0 Å². The van der Waals surface area contributed by atoms with E-state index in [0.717, 1.165) is 26.0 Å². The topological polar surface area (TPSA) is 21.7 Å². The lowest BCUT2D eigenvalue weighted by molar-refractivity contribution is -0.184. The molecule has 1 fully saturated rings. The van der Waals surface area contributed by atoms with Crippen LogP contribution in [-0.4, -0.2) is 44.0 Å². The number of ether oxygens (including phenoxy) is 2. The molecule has 0 N–H and O–H groups in total. The zero-order valence-corrected chi connectivity index (χ0v) is 31.4. The van der Waals surface area contributed by atoms with Crippen LogP contribution in [0.3, 0.4) is 0 Å². The Labute approximate surface area is 283 Å². The van der Waals surface area contributed by atoms with Gasteiger partial charge in [0.15, 0.2) is 5.79 Å². The van der Waals surface area contributed by atoms with E-state index in [-0.39, 0.29) is 11.9 Å². The van der Waals surface area contributed by atoms with E-state index >= 15 is 0 Å². The molecule has 2 atom stereocenters. The highest BCUT2D eigenvalue weighted by Gasteiger charge is 2.42. The van der Waals surface area contributed by atoms with Gasteiger partial charge in [-0.25, -0.2) is 0 Å². The number of allylic oxidation sites excluding steroid dienone is 4. The maximum Gasteiger partial charge on any atom is 0.168 e. The van der Waals surface area contributed by atoms with Gasteiger partial charge in [0.05, 0.1) is 12.7 Å². The van der Waals surface area contributed by atoms with Crippen LogP contribution in [0.4, 0.5) is 0 Å². The zero-order chi connectivity index (χ0) is 32.7. The highest BCUT2D eigenvalue weighted by molar-refractivity contribution is 4.84. The third kappa shape index (κ3) is 25.1. The molecule has 3 nitrogen and oxygen atoms in total. The van der Waals surface area contributed by atoms with Crippen LogP contribution in [0.25, 0.3) is 0 Å². The van der Waals surface area contributed by atoms with Crippen LogP contribution < -0.4 is 0 Å². The number of hydrogen-bond donors (Lipinski definition) is 0. The lowest BCUT2D eigenvalue weighted by atomic mass is 9.98. The van der Waals surface area contributed by atoms with Crippen LogP contribution in [0.1, 0.15) is 201 Å². The second kappa shape index (κ2) is 30.7. The Morgan fingerprint density at radius 3 is 1.29 bits per heavy atom. The number of rotatable bonds is 33. The molecule has 266 valence electrons. The Bertz CT molecular complexity index is 632. The van der Waals surface area contributed by atoms with Gasteiger partial charge >= 0.3 is 0 Å². The Balaban J connectivity index is 2.21. The summed E-state index contributed by atoms with van der Waals surface area (Å²) in [6, 6.07) is 0. The summed E-state index contributed by atoms with van der Waals surface area (Å²) in [5.41, 5.74) is 0. The second-order valence-corrected chi connectivity index (χ2v) is 14.8. The molecule has 0 bridgehead atoms. The van der Waals surface area contributed by atoms with E-state index in [9.17, 15) is 0 Å². The molecule has 0 aromatic heterocycles. The quantitative estimate of drug-likeness (QED) is 0.0531. The van der Waals surface area contributed by atoms with Crippen molar-refractivity contribution in [3.8, 4) is 0 Å². The van der Waals surface area contributed by atoms with E-state index in [2.05, 4.69) is 64.1 Å². The normalized spacial score (nSPS) is 17.4. The Morgan fingerprint density at radius 2 is 0.911 bits per heavy atom. The largest absolute Gasteiger partial charge is 0.347 e. The first kappa shape index (κ1) is 42.4. The first-order valence-electron chi connectivity index (χ1n) is 20.3. The van der Waals surface area contributed by atoms with Gasteiger partial charge in [-0.2, -0.15) is 0 Å². The maximum atomic E-state index is 6.78. The lowest BCUT2D eigenvalue weighted by Crippen LogP contribution is -2.34. The molecular formula is C42H81NO2. The van der Waals surface area contributed by atoms with Gasteiger partial charge in [0.2, 0.25) is 0 Å². The molecule has 0 spiro atoms. The highest BCUT2D eigenvalue weighted by Crippen LogP contribution is 2.37. The maximum absolute atomic E-state index is 6.78. The minimum Gasteiger partial charge on any atom is -0.347 e. The second-order valence-electron chi connectivity index (χ2n) is 14.8. The molecule has 1 saturated heterocycles. The van der Waals surface area contributed by atoms with Crippen LogP contribution in [0.5, 0.6) is 0 Å². The fourth-order valence-electron chi connectivity index (χ4n) is 6.87. The molecule has 3 heteroatoms. The van der Waals surface area contributed by atoms with Crippen LogP contribution in [0.2, 0.25) is 0 Å². The highest BCUT2D eigenvalue weighted by atomic mass is 16.7. The summed E-state index contributed by atoms with van der Waals surface area (Å²) in [5, 5.41) is 0. The number of nitrogens with zero attached hydrogens (tertiary/aromatic N) is 1. The Hall–Kier alpha value is -0.640. The molecule has 0 saturated carbocycles. The third-order valence-corrected chi connectivity index (χ3v) is 9.80. The summed E-state index contributed by atoms with van der Waals surface area (Å²) in [6.45, 7) is 8.74. The summed E-state index contributed by atoms with van der Waals surface area (Å²) < 4.78 is 13.3. The van der Waals surface area contributed by atoms with Crippen molar-refractivity contribution in [2.45, 2.75) is 212 Å². The monoisotopic (exact) mass is 632 g/mol. The van der Waals surface area contributed by atoms with Crippen LogP contribution in [-0.2, 0) is 9.47 Å².